The first-order chi connectivity index (χ1) is 18.9. The first-order valence-electron chi connectivity index (χ1n) is 13.3. The third-order valence-electron chi connectivity index (χ3n) is 8.17. The zero-order valence-electron chi connectivity index (χ0n) is 22.8. The van der Waals surface area contributed by atoms with E-state index in [9.17, 15) is 27.9 Å². The highest BCUT2D eigenvalue weighted by atomic mass is 19.4. The van der Waals surface area contributed by atoms with Gasteiger partial charge in [0, 0.05) is 25.7 Å². The van der Waals surface area contributed by atoms with Crippen LogP contribution in [0.15, 0.2) is 53.5 Å². The second-order valence-corrected chi connectivity index (χ2v) is 10.5. The number of ether oxygens (including phenoxy) is 1. The minimum Gasteiger partial charge on any atom is -0.385 e. The molecule has 1 heterocycles. The zero-order valence-corrected chi connectivity index (χ0v) is 22.8. The Labute approximate surface area is 231 Å². The summed E-state index contributed by atoms with van der Waals surface area (Å²) in [4.78, 5) is 32.8. The molecule has 2 aromatic rings. The van der Waals surface area contributed by atoms with Gasteiger partial charge >= 0.3 is 6.18 Å². The molecule has 0 saturated heterocycles. The van der Waals surface area contributed by atoms with E-state index in [0.717, 1.165) is 0 Å². The number of halogens is 3. The molecule has 4 N–H and O–H groups in total. The molecule has 0 spiro atoms. The van der Waals surface area contributed by atoms with Gasteiger partial charge in [0.15, 0.2) is 11.6 Å². The average Bonchev–Trinajstić information content (AvgIpc) is 3.22. The molecule has 0 saturated carbocycles. The van der Waals surface area contributed by atoms with Crippen molar-refractivity contribution in [2.24, 2.45) is 10.7 Å². The van der Waals surface area contributed by atoms with E-state index in [-0.39, 0.29) is 36.0 Å². The fourth-order valence-corrected chi connectivity index (χ4v) is 5.69. The smallest absolute Gasteiger partial charge is 0.385 e. The Morgan fingerprint density at radius 2 is 1.90 bits per heavy atom. The van der Waals surface area contributed by atoms with E-state index in [1.54, 1.807) is 24.3 Å². The van der Waals surface area contributed by atoms with Crippen LogP contribution < -0.4 is 11.1 Å². The Bertz CT molecular complexity index is 1290. The summed E-state index contributed by atoms with van der Waals surface area (Å²) in [5, 5.41) is 13.1. The molecular weight excluding hydrogens is 525 g/mol. The summed E-state index contributed by atoms with van der Waals surface area (Å²) in [6.45, 7) is 4.19. The molecule has 2 aromatic carbocycles. The molecule has 2 aliphatic rings. The van der Waals surface area contributed by atoms with Gasteiger partial charge < -0.3 is 20.9 Å². The number of hydrogen-bond donors (Lipinski definition) is 3. The Hall–Kier alpha value is -3.44. The molecule has 2 unspecified atom stereocenters. The third-order valence-corrected chi connectivity index (χ3v) is 8.17. The molecule has 1 aliphatic carbocycles. The Balaban J connectivity index is 1.67. The van der Waals surface area contributed by atoms with Gasteiger partial charge in [0.1, 0.15) is 0 Å². The number of nitrogens with zero attached hydrogens (tertiary/aromatic N) is 2. The molecule has 1 aliphatic heterocycles. The highest BCUT2D eigenvalue weighted by molar-refractivity contribution is 6.00. The number of methoxy groups -OCH3 is 1. The van der Waals surface area contributed by atoms with Crippen molar-refractivity contribution < 1.29 is 32.6 Å². The highest BCUT2D eigenvalue weighted by Gasteiger charge is 2.62. The number of alkyl halides is 3. The van der Waals surface area contributed by atoms with Crippen molar-refractivity contribution >= 4 is 17.8 Å². The SMILES string of the molecule is CCC1(CC)CC(=O)N([C@H](CCOC)c2cccc(C(=O)NC3c4ccccc4CC3(O)C(F)(F)F)c2)C(N)=N1. The minimum atomic E-state index is -4.98. The minimum absolute atomic E-state index is 0.0743. The van der Waals surface area contributed by atoms with E-state index in [2.05, 4.69) is 10.3 Å². The van der Waals surface area contributed by atoms with Gasteiger partial charge in [-0.2, -0.15) is 13.2 Å². The fraction of sp³-hybridized carbons (Fsp3) is 0.483. The van der Waals surface area contributed by atoms with Gasteiger partial charge in [-0.25, -0.2) is 4.99 Å². The van der Waals surface area contributed by atoms with Crippen LogP contribution in [0.25, 0.3) is 0 Å². The maximum absolute atomic E-state index is 14.0. The van der Waals surface area contributed by atoms with E-state index >= 15 is 0 Å². The second kappa shape index (κ2) is 11.2. The molecule has 3 atom stereocenters. The van der Waals surface area contributed by atoms with Crippen LogP contribution in [0.3, 0.4) is 0 Å². The topological polar surface area (TPSA) is 117 Å². The lowest BCUT2D eigenvalue weighted by atomic mass is 9.87. The molecule has 8 nitrogen and oxygen atoms in total. The molecule has 0 fully saturated rings. The molecule has 40 heavy (non-hydrogen) atoms. The van der Waals surface area contributed by atoms with Crippen molar-refractivity contribution in [3.05, 3.63) is 70.8 Å². The number of carbonyl (C=O) groups excluding carboxylic acids is 2. The van der Waals surface area contributed by atoms with E-state index in [0.29, 0.717) is 30.4 Å². The number of aliphatic imine (C=N–C) groups is 1. The number of nitrogens with one attached hydrogen (secondary N) is 1. The predicted molar refractivity (Wildman–Crippen MR) is 143 cm³/mol. The standard InChI is InChI=1S/C29H35F3N4O4/c1-4-27(5-2)17-23(37)36(26(33)35-27)22(13-14-40-3)18-10-8-11-19(15-18)25(38)34-24-21-12-7-6-9-20(21)16-28(24,39)29(30,31)32/h6-12,15,22,24,39H,4-5,13-14,16-17H2,1-3H3,(H2,33,35)(H,34,38)/t22-,24?,28?/m1/s1. The van der Waals surface area contributed by atoms with Crippen molar-refractivity contribution in [3.63, 3.8) is 0 Å². The van der Waals surface area contributed by atoms with Crippen LogP contribution in [0.4, 0.5) is 13.2 Å². The second-order valence-electron chi connectivity index (χ2n) is 10.5. The molecule has 4 rings (SSSR count). The largest absolute Gasteiger partial charge is 0.419 e. The van der Waals surface area contributed by atoms with Crippen LogP contribution >= 0.6 is 0 Å². The highest BCUT2D eigenvalue weighted by Crippen LogP contribution is 2.48. The van der Waals surface area contributed by atoms with E-state index in [1.807, 2.05) is 13.8 Å². The Kier molecular flexibility index (Phi) is 8.28. The van der Waals surface area contributed by atoms with Crippen LogP contribution in [0.5, 0.6) is 0 Å². The van der Waals surface area contributed by atoms with Gasteiger partial charge in [0.25, 0.3) is 5.91 Å². The number of guanidine groups is 1. The van der Waals surface area contributed by atoms with Crippen molar-refractivity contribution in [2.75, 3.05) is 13.7 Å². The summed E-state index contributed by atoms with van der Waals surface area (Å²) in [5.41, 5.74) is 3.76. The van der Waals surface area contributed by atoms with E-state index < -0.39 is 41.7 Å². The van der Waals surface area contributed by atoms with Gasteiger partial charge in [-0.15, -0.1) is 0 Å². The quantitative estimate of drug-likeness (QED) is 0.425. The number of benzene rings is 2. The maximum atomic E-state index is 14.0. The maximum Gasteiger partial charge on any atom is 0.419 e. The lowest BCUT2D eigenvalue weighted by Crippen LogP contribution is -2.54. The first kappa shape index (κ1) is 29.5. The third kappa shape index (κ3) is 5.32. The predicted octanol–water partition coefficient (Wildman–Crippen LogP) is 4.19. The van der Waals surface area contributed by atoms with Gasteiger partial charge in [-0.05, 0) is 48.1 Å². The number of fused-ring (bicyclic) bond motifs is 1. The summed E-state index contributed by atoms with van der Waals surface area (Å²) in [6, 6.07) is 10.1. The van der Waals surface area contributed by atoms with Crippen molar-refractivity contribution in [3.8, 4) is 0 Å². The molecule has 0 aromatic heterocycles. The van der Waals surface area contributed by atoms with Gasteiger partial charge in [-0.1, -0.05) is 50.2 Å². The van der Waals surface area contributed by atoms with Crippen LogP contribution in [-0.2, 0) is 16.0 Å². The lowest BCUT2D eigenvalue weighted by molar-refractivity contribution is -0.266. The van der Waals surface area contributed by atoms with Gasteiger partial charge in [-0.3, -0.25) is 14.5 Å². The van der Waals surface area contributed by atoms with Crippen LogP contribution in [0, 0.1) is 0 Å². The molecule has 0 bridgehead atoms. The van der Waals surface area contributed by atoms with Gasteiger partial charge in [0.2, 0.25) is 5.91 Å². The molecule has 216 valence electrons. The zero-order chi connectivity index (χ0) is 29.3. The lowest BCUT2D eigenvalue weighted by Gasteiger charge is -2.40. The van der Waals surface area contributed by atoms with Crippen LogP contribution in [-0.4, -0.2) is 58.8 Å². The summed E-state index contributed by atoms with van der Waals surface area (Å²) in [5.74, 6) is -0.919. The molecule has 0 radical (unpaired) electrons. The number of rotatable bonds is 9. The molecular formula is C29H35F3N4O4. The summed E-state index contributed by atoms with van der Waals surface area (Å²) in [6.07, 6.45) is -3.81. The normalized spacial score (nSPS) is 23.0. The molecule has 11 heteroatoms. The number of nitrogens with two attached hydrogens (primary N) is 1. The number of carbonyl (C=O) groups is 2. The Morgan fingerprint density at radius 1 is 1.20 bits per heavy atom. The van der Waals surface area contributed by atoms with Crippen molar-refractivity contribution in [1.29, 1.82) is 0 Å². The fourth-order valence-electron chi connectivity index (χ4n) is 5.69. The van der Waals surface area contributed by atoms with Crippen molar-refractivity contribution in [2.45, 2.75) is 75.4 Å². The summed E-state index contributed by atoms with van der Waals surface area (Å²) in [7, 11) is 1.52. The van der Waals surface area contributed by atoms with Crippen LogP contribution in [0.2, 0.25) is 0 Å². The first-order valence-corrected chi connectivity index (χ1v) is 13.3. The summed E-state index contributed by atoms with van der Waals surface area (Å²) < 4.78 is 47.3. The number of hydrogen-bond acceptors (Lipinski definition) is 6. The average molecular weight is 561 g/mol. The van der Waals surface area contributed by atoms with E-state index in [4.69, 9.17) is 10.5 Å². The van der Waals surface area contributed by atoms with Crippen molar-refractivity contribution in [1.82, 2.24) is 10.2 Å². The Morgan fingerprint density at radius 3 is 2.52 bits per heavy atom. The van der Waals surface area contributed by atoms with E-state index in [1.165, 1.54) is 36.3 Å². The number of amides is 2. The summed E-state index contributed by atoms with van der Waals surface area (Å²) >= 11 is 0. The van der Waals surface area contributed by atoms with Crippen LogP contribution in [0.1, 0.15) is 78.7 Å². The molecule has 2 amide bonds. The monoisotopic (exact) mass is 560 g/mol. The number of aliphatic hydroxyl groups is 1. The van der Waals surface area contributed by atoms with Gasteiger partial charge in [0.05, 0.1) is 24.0 Å².